The molecule has 4 nitrogen and oxygen atoms in total. The molecule has 0 radical (unpaired) electrons. The molecule has 0 rings (SSSR count). The van der Waals surface area contributed by atoms with Crippen molar-refractivity contribution in [2.24, 2.45) is 0 Å². The van der Waals surface area contributed by atoms with Crippen LogP contribution in [-0.4, -0.2) is 11.6 Å². The number of hydrogen-bond acceptors (Lipinski definition) is 4. The quantitative estimate of drug-likeness (QED) is 0.276. The van der Waals surface area contributed by atoms with Crippen LogP contribution >= 0.6 is 0 Å². The van der Waals surface area contributed by atoms with E-state index in [2.05, 4.69) is 0 Å². The van der Waals surface area contributed by atoms with Crippen molar-refractivity contribution in [1.82, 2.24) is 0 Å². The molecule has 4 heteroatoms. The second kappa shape index (κ2) is 8.16. The van der Waals surface area contributed by atoms with E-state index < -0.39 is 5.97 Å². The van der Waals surface area contributed by atoms with Gasteiger partial charge in [0.15, 0.2) is 0 Å². The fraction of sp³-hybridized carbons (Fsp3) is 0.750. The molecule has 0 aliphatic rings. The number of rotatable bonds is 8. The van der Waals surface area contributed by atoms with Gasteiger partial charge in [-0.2, -0.15) is 4.89 Å². The van der Waals surface area contributed by atoms with Gasteiger partial charge in [0, 0.05) is 5.97 Å². The van der Waals surface area contributed by atoms with Crippen LogP contribution in [0.5, 0.6) is 0 Å². The number of allylic oxidation sites excluding steroid dienone is 1. The molecule has 0 bridgehead atoms. The van der Waals surface area contributed by atoms with E-state index in [1.165, 1.54) is 6.26 Å². The maximum absolute atomic E-state index is 10.1. The number of carboxylic acids is 1. The van der Waals surface area contributed by atoms with Crippen LogP contribution in [0, 0.1) is 0 Å². The lowest BCUT2D eigenvalue weighted by molar-refractivity contribution is -0.310. The largest absolute Gasteiger partial charge is 0.550 e. The maximum Gasteiger partial charge on any atom is 0.125 e. The molecular formula is C12H21O4-. The van der Waals surface area contributed by atoms with Gasteiger partial charge >= 0.3 is 0 Å². The lowest BCUT2D eigenvalue weighted by Gasteiger charge is -2.15. The van der Waals surface area contributed by atoms with E-state index in [4.69, 9.17) is 9.78 Å². The van der Waals surface area contributed by atoms with Gasteiger partial charge in [-0.3, -0.25) is 0 Å². The number of aliphatic carboxylic acids is 1. The first-order chi connectivity index (χ1) is 7.42. The number of carbonyl (C=O) groups is 1. The number of carboxylic acid groups (broad SMARTS) is 1. The fourth-order valence-electron chi connectivity index (χ4n) is 0.988. The van der Waals surface area contributed by atoms with Gasteiger partial charge in [0.25, 0.3) is 0 Å². The summed E-state index contributed by atoms with van der Waals surface area (Å²) in [6, 6.07) is 0. The number of hydrogen-bond donors (Lipinski definition) is 0. The summed E-state index contributed by atoms with van der Waals surface area (Å²) >= 11 is 0. The Balaban J connectivity index is 3.25. The minimum atomic E-state index is -0.975. The van der Waals surface area contributed by atoms with Crippen LogP contribution in [-0.2, 0) is 14.6 Å². The highest BCUT2D eigenvalue weighted by Crippen LogP contribution is 2.08. The summed E-state index contributed by atoms with van der Waals surface area (Å²) in [5, 5.41) is 10.1. The number of carbonyl (C=O) groups excluding carboxylic acids is 1. The van der Waals surface area contributed by atoms with E-state index >= 15 is 0 Å². The Morgan fingerprint density at radius 1 is 1.25 bits per heavy atom. The zero-order valence-corrected chi connectivity index (χ0v) is 10.3. The van der Waals surface area contributed by atoms with E-state index in [1.54, 1.807) is 0 Å². The van der Waals surface area contributed by atoms with Crippen LogP contribution in [0.15, 0.2) is 12.3 Å². The minimum Gasteiger partial charge on any atom is -0.550 e. The summed E-state index contributed by atoms with van der Waals surface area (Å²) in [7, 11) is 0. The lowest BCUT2D eigenvalue weighted by Crippen LogP contribution is -2.21. The van der Waals surface area contributed by atoms with Gasteiger partial charge in [0.1, 0.15) is 11.9 Å². The zero-order valence-electron chi connectivity index (χ0n) is 10.3. The molecule has 0 heterocycles. The van der Waals surface area contributed by atoms with E-state index in [0.717, 1.165) is 19.3 Å². The standard InChI is InChI=1S/C12H22O4/c1-12(2,3)16-15-10-8-6-4-5-7-9-11(13)14/h8,10H,4-7,9H2,1-3H3,(H,13,14)/p-1/b10-8+. The average Bonchev–Trinajstić information content (AvgIpc) is 2.13. The second-order valence-corrected chi connectivity index (χ2v) is 4.64. The van der Waals surface area contributed by atoms with Crippen molar-refractivity contribution >= 4 is 5.97 Å². The van der Waals surface area contributed by atoms with E-state index in [1.807, 2.05) is 26.8 Å². The van der Waals surface area contributed by atoms with Gasteiger partial charge < -0.3 is 14.8 Å². The summed E-state index contributed by atoms with van der Waals surface area (Å²) in [4.78, 5) is 20.0. The van der Waals surface area contributed by atoms with Crippen molar-refractivity contribution in [3.05, 3.63) is 12.3 Å². The second-order valence-electron chi connectivity index (χ2n) is 4.64. The highest BCUT2D eigenvalue weighted by atomic mass is 17.2. The van der Waals surface area contributed by atoms with E-state index in [9.17, 15) is 9.90 Å². The highest BCUT2D eigenvalue weighted by Gasteiger charge is 2.10. The predicted molar refractivity (Wildman–Crippen MR) is 59.2 cm³/mol. The molecule has 0 N–H and O–H groups in total. The van der Waals surface area contributed by atoms with Crippen LogP contribution < -0.4 is 5.11 Å². The van der Waals surface area contributed by atoms with Crippen molar-refractivity contribution in [2.45, 2.75) is 58.5 Å². The Morgan fingerprint density at radius 2 is 1.94 bits per heavy atom. The third kappa shape index (κ3) is 13.0. The topological polar surface area (TPSA) is 58.6 Å². The van der Waals surface area contributed by atoms with Crippen molar-refractivity contribution in [2.75, 3.05) is 0 Å². The van der Waals surface area contributed by atoms with Crippen LogP contribution in [0.3, 0.4) is 0 Å². The molecule has 0 atom stereocenters. The van der Waals surface area contributed by atoms with Crippen molar-refractivity contribution in [3.8, 4) is 0 Å². The summed E-state index contributed by atoms with van der Waals surface area (Å²) in [5.74, 6) is -0.975. The summed E-state index contributed by atoms with van der Waals surface area (Å²) in [5.41, 5.74) is -0.307. The molecule has 0 aromatic heterocycles. The van der Waals surface area contributed by atoms with Crippen LogP contribution in [0.2, 0.25) is 0 Å². The summed E-state index contributed by atoms with van der Waals surface area (Å²) < 4.78 is 0. The molecule has 0 aliphatic heterocycles. The van der Waals surface area contributed by atoms with Gasteiger partial charge in [0.05, 0.1) is 0 Å². The monoisotopic (exact) mass is 229 g/mol. The summed E-state index contributed by atoms with van der Waals surface area (Å²) in [6.45, 7) is 5.71. The van der Waals surface area contributed by atoms with Gasteiger partial charge in [-0.05, 0) is 52.5 Å². The lowest BCUT2D eigenvalue weighted by atomic mass is 10.1. The summed E-state index contributed by atoms with van der Waals surface area (Å²) in [6.07, 6.45) is 6.90. The molecule has 16 heavy (non-hydrogen) atoms. The van der Waals surface area contributed by atoms with Crippen molar-refractivity contribution in [1.29, 1.82) is 0 Å². The molecule has 0 fully saturated rings. The molecule has 0 saturated carbocycles. The third-order valence-corrected chi connectivity index (χ3v) is 1.70. The Kier molecular flexibility index (Phi) is 7.64. The number of unbranched alkanes of at least 4 members (excludes halogenated alkanes) is 3. The Labute approximate surface area is 97.2 Å². The Bertz CT molecular complexity index is 216. The van der Waals surface area contributed by atoms with E-state index in [0.29, 0.717) is 6.42 Å². The van der Waals surface area contributed by atoms with Crippen LogP contribution in [0.1, 0.15) is 52.9 Å². The highest BCUT2D eigenvalue weighted by molar-refractivity contribution is 5.63. The molecule has 0 aromatic carbocycles. The van der Waals surface area contributed by atoms with Crippen LogP contribution in [0.25, 0.3) is 0 Å². The van der Waals surface area contributed by atoms with Gasteiger partial charge in [0.2, 0.25) is 0 Å². The van der Waals surface area contributed by atoms with Crippen molar-refractivity contribution < 1.29 is 19.7 Å². The molecule has 0 unspecified atom stereocenters. The van der Waals surface area contributed by atoms with Gasteiger partial charge in [-0.25, -0.2) is 0 Å². The normalized spacial score (nSPS) is 11.9. The average molecular weight is 229 g/mol. The molecule has 0 saturated heterocycles. The molecule has 0 spiro atoms. The zero-order chi connectivity index (χ0) is 12.4. The minimum absolute atomic E-state index is 0.146. The van der Waals surface area contributed by atoms with Crippen molar-refractivity contribution in [3.63, 3.8) is 0 Å². The maximum atomic E-state index is 10.1. The van der Waals surface area contributed by atoms with Gasteiger partial charge in [-0.15, -0.1) is 0 Å². The molecule has 0 amide bonds. The first kappa shape index (κ1) is 15.0. The first-order valence-corrected chi connectivity index (χ1v) is 5.61. The van der Waals surface area contributed by atoms with E-state index in [-0.39, 0.29) is 12.0 Å². The Hall–Kier alpha value is -1.03. The van der Waals surface area contributed by atoms with Gasteiger partial charge in [-0.1, -0.05) is 6.42 Å². The molecule has 0 aromatic rings. The smallest absolute Gasteiger partial charge is 0.125 e. The fourth-order valence-corrected chi connectivity index (χ4v) is 0.988. The molecule has 0 aliphatic carbocycles. The first-order valence-electron chi connectivity index (χ1n) is 5.61. The molecular weight excluding hydrogens is 208 g/mol. The molecule has 94 valence electrons. The Morgan fingerprint density at radius 3 is 2.50 bits per heavy atom. The predicted octanol–water partition coefficient (Wildman–Crippen LogP) is 1.95. The van der Waals surface area contributed by atoms with Crippen LogP contribution in [0.4, 0.5) is 0 Å². The SMILES string of the molecule is CC(C)(C)OO/C=C/CCCCCC(=O)[O-]. The third-order valence-electron chi connectivity index (χ3n) is 1.70.